The Hall–Kier alpha value is -2.09. The number of aromatic hydroxyl groups is 1. The van der Waals surface area contributed by atoms with Crippen LogP contribution in [0.2, 0.25) is 0 Å². The number of cyclic esters (lactones) is 1. The molecule has 1 aliphatic rings. The first-order chi connectivity index (χ1) is 12.3. The van der Waals surface area contributed by atoms with Crippen molar-refractivity contribution in [2.75, 3.05) is 7.11 Å². The first-order valence-electron chi connectivity index (χ1n) is 8.66. The summed E-state index contributed by atoms with van der Waals surface area (Å²) in [5.74, 6) is -0.552. The van der Waals surface area contributed by atoms with E-state index in [1.807, 2.05) is 0 Å². The summed E-state index contributed by atoms with van der Waals surface area (Å²) in [5.41, 5.74) is 0.388. The average Bonchev–Trinajstić information content (AvgIpc) is 2.59. The third-order valence-electron chi connectivity index (χ3n) is 4.44. The standard InChI is InChI=1S/C19H26O7/c1-11-5-3-7-14(20)18(23)15(21)8-4-6-12-9-13(25-2)10-16(22)17(12)19(24)26-11/h4,6,9-11,14-15,18,20-23H,3,5,7-8H2,1-2H3/b6-4+/t11-,14-,15-,18-/m0/s1. The Labute approximate surface area is 152 Å². The fourth-order valence-electron chi connectivity index (χ4n) is 2.91. The maximum absolute atomic E-state index is 12.5. The maximum atomic E-state index is 12.5. The van der Waals surface area contributed by atoms with E-state index in [-0.39, 0.29) is 24.2 Å². The van der Waals surface area contributed by atoms with Gasteiger partial charge in [-0.3, -0.25) is 0 Å². The van der Waals surface area contributed by atoms with E-state index in [0.717, 1.165) is 0 Å². The van der Waals surface area contributed by atoms with Crippen LogP contribution in [0.3, 0.4) is 0 Å². The van der Waals surface area contributed by atoms with Gasteiger partial charge in [0.05, 0.1) is 25.4 Å². The van der Waals surface area contributed by atoms with Crippen molar-refractivity contribution in [1.29, 1.82) is 0 Å². The van der Waals surface area contributed by atoms with Gasteiger partial charge in [-0.25, -0.2) is 4.79 Å². The molecule has 2 rings (SSSR count). The number of phenolic OH excluding ortho intramolecular Hbond substituents is 1. The van der Waals surface area contributed by atoms with Gasteiger partial charge in [0.15, 0.2) is 0 Å². The predicted octanol–water partition coefficient (Wildman–Crippen LogP) is 1.62. The van der Waals surface area contributed by atoms with Crippen LogP contribution < -0.4 is 4.74 Å². The van der Waals surface area contributed by atoms with Crippen molar-refractivity contribution in [3.63, 3.8) is 0 Å². The smallest absolute Gasteiger partial charge is 0.342 e. The number of benzene rings is 1. The summed E-state index contributed by atoms with van der Waals surface area (Å²) in [6.45, 7) is 1.72. The van der Waals surface area contributed by atoms with Crippen molar-refractivity contribution in [3.05, 3.63) is 29.3 Å². The van der Waals surface area contributed by atoms with Crippen molar-refractivity contribution in [1.82, 2.24) is 0 Å². The number of carbonyl (C=O) groups is 1. The minimum atomic E-state index is -1.27. The molecule has 0 bridgehead atoms. The van der Waals surface area contributed by atoms with Crippen molar-refractivity contribution in [3.8, 4) is 11.5 Å². The van der Waals surface area contributed by atoms with E-state index in [2.05, 4.69) is 0 Å². The van der Waals surface area contributed by atoms with Gasteiger partial charge in [0, 0.05) is 6.07 Å². The summed E-state index contributed by atoms with van der Waals surface area (Å²) in [7, 11) is 1.44. The minimum absolute atomic E-state index is 0.0148. The minimum Gasteiger partial charge on any atom is -0.507 e. The van der Waals surface area contributed by atoms with E-state index < -0.39 is 30.4 Å². The molecule has 0 aromatic heterocycles. The number of methoxy groups -OCH3 is 1. The molecular weight excluding hydrogens is 340 g/mol. The SMILES string of the molecule is COc1cc(O)c2c(c1)/C=C/C[C@H](O)[C@@H](O)[C@@H](O)CCC[C@H](C)OC2=O. The molecule has 144 valence electrons. The molecule has 0 fully saturated rings. The monoisotopic (exact) mass is 366 g/mol. The zero-order valence-electron chi connectivity index (χ0n) is 15.0. The molecule has 0 spiro atoms. The van der Waals surface area contributed by atoms with E-state index in [4.69, 9.17) is 9.47 Å². The Morgan fingerprint density at radius 2 is 1.88 bits per heavy atom. The zero-order chi connectivity index (χ0) is 19.3. The zero-order valence-corrected chi connectivity index (χ0v) is 15.0. The van der Waals surface area contributed by atoms with Crippen molar-refractivity contribution < 1.29 is 34.7 Å². The van der Waals surface area contributed by atoms with Crippen LogP contribution in [0.5, 0.6) is 11.5 Å². The number of ether oxygens (including phenoxy) is 2. The van der Waals surface area contributed by atoms with Gasteiger partial charge in [0.2, 0.25) is 0 Å². The summed E-state index contributed by atoms with van der Waals surface area (Å²) < 4.78 is 10.5. The van der Waals surface area contributed by atoms with Gasteiger partial charge in [-0.15, -0.1) is 0 Å². The molecule has 7 nitrogen and oxygen atoms in total. The average molecular weight is 366 g/mol. The normalized spacial score (nSPS) is 29.2. The van der Waals surface area contributed by atoms with E-state index in [1.54, 1.807) is 19.1 Å². The highest BCUT2D eigenvalue weighted by Gasteiger charge is 2.25. The summed E-state index contributed by atoms with van der Waals surface area (Å²) in [6.07, 6.45) is 0.542. The summed E-state index contributed by atoms with van der Waals surface area (Å²) >= 11 is 0. The van der Waals surface area contributed by atoms with Gasteiger partial charge in [0.25, 0.3) is 0 Å². The van der Waals surface area contributed by atoms with Crippen LogP contribution in [0.25, 0.3) is 6.08 Å². The van der Waals surface area contributed by atoms with Crippen LogP contribution in [-0.4, -0.2) is 57.9 Å². The molecule has 1 aromatic carbocycles. The molecule has 1 aliphatic heterocycles. The van der Waals surface area contributed by atoms with Crippen LogP contribution in [0.1, 0.15) is 48.5 Å². The fourth-order valence-corrected chi connectivity index (χ4v) is 2.91. The molecule has 4 atom stereocenters. The second kappa shape index (κ2) is 9.02. The number of fused-ring (bicyclic) bond motifs is 1. The summed E-state index contributed by atoms with van der Waals surface area (Å²) in [6, 6.07) is 2.90. The van der Waals surface area contributed by atoms with Gasteiger partial charge in [0.1, 0.15) is 23.2 Å². The number of phenols is 1. The molecule has 0 radical (unpaired) electrons. The van der Waals surface area contributed by atoms with Gasteiger partial charge < -0.3 is 29.9 Å². The fraction of sp³-hybridized carbons (Fsp3) is 0.526. The Balaban J connectivity index is 2.40. The number of hydrogen-bond acceptors (Lipinski definition) is 7. The quantitative estimate of drug-likeness (QED) is 0.558. The molecule has 0 unspecified atom stereocenters. The number of carbonyl (C=O) groups excluding carboxylic acids is 1. The highest BCUT2D eigenvalue weighted by atomic mass is 16.5. The molecule has 1 heterocycles. The van der Waals surface area contributed by atoms with Crippen molar-refractivity contribution in [2.45, 2.75) is 57.0 Å². The second-order valence-electron chi connectivity index (χ2n) is 6.52. The summed E-state index contributed by atoms with van der Waals surface area (Å²) in [4.78, 5) is 12.5. The molecule has 0 saturated heterocycles. The predicted molar refractivity (Wildman–Crippen MR) is 95.1 cm³/mol. The molecule has 7 heteroatoms. The molecule has 0 saturated carbocycles. The third kappa shape index (κ3) is 4.97. The Morgan fingerprint density at radius 3 is 2.58 bits per heavy atom. The molecule has 0 amide bonds. The van der Waals surface area contributed by atoms with Gasteiger partial charge in [-0.2, -0.15) is 0 Å². The molecular formula is C19H26O7. The van der Waals surface area contributed by atoms with Crippen molar-refractivity contribution >= 4 is 12.0 Å². The number of aliphatic hydroxyl groups is 3. The van der Waals surface area contributed by atoms with E-state index >= 15 is 0 Å². The van der Waals surface area contributed by atoms with Gasteiger partial charge in [-0.05, 0) is 44.2 Å². The van der Waals surface area contributed by atoms with Crippen LogP contribution in [0.15, 0.2) is 18.2 Å². The Bertz CT molecular complexity index is 656. The lowest BCUT2D eigenvalue weighted by atomic mass is 9.98. The Kier molecular flexibility index (Phi) is 7.02. The largest absolute Gasteiger partial charge is 0.507 e. The lowest BCUT2D eigenvalue weighted by Gasteiger charge is -2.23. The lowest BCUT2D eigenvalue weighted by Crippen LogP contribution is -2.37. The summed E-state index contributed by atoms with van der Waals surface area (Å²) in [5, 5.41) is 40.2. The molecule has 0 aliphatic carbocycles. The van der Waals surface area contributed by atoms with Gasteiger partial charge in [-0.1, -0.05) is 12.2 Å². The van der Waals surface area contributed by atoms with E-state index in [9.17, 15) is 25.2 Å². The van der Waals surface area contributed by atoms with Crippen LogP contribution in [0.4, 0.5) is 0 Å². The molecule has 26 heavy (non-hydrogen) atoms. The lowest BCUT2D eigenvalue weighted by molar-refractivity contribution is -0.0613. The Morgan fingerprint density at radius 1 is 1.15 bits per heavy atom. The van der Waals surface area contributed by atoms with Crippen LogP contribution in [-0.2, 0) is 4.74 Å². The highest BCUT2D eigenvalue weighted by Crippen LogP contribution is 2.30. The van der Waals surface area contributed by atoms with Gasteiger partial charge >= 0.3 is 5.97 Å². The molecule has 4 N–H and O–H groups in total. The number of rotatable bonds is 1. The maximum Gasteiger partial charge on any atom is 0.342 e. The van der Waals surface area contributed by atoms with Crippen LogP contribution in [0, 0.1) is 0 Å². The third-order valence-corrected chi connectivity index (χ3v) is 4.44. The number of esters is 1. The highest BCUT2D eigenvalue weighted by molar-refractivity contribution is 5.97. The van der Waals surface area contributed by atoms with Crippen LogP contribution >= 0.6 is 0 Å². The number of aliphatic hydroxyl groups excluding tert-OH is 3. The molecule has 1 aromatic rings. The number of hydrogen-bond donors (Lipinski definition) is 4. The first kappa shape index (κ1) is 20.2. The van der Waals surface area contributed by atoms with E-state index in [1.165, 1.54) is 19.3 Å². The van der Waals surface area contributed by atoms with E-state index in [0.29, 0.717) is 24.2 Å². The topological polar surface area (TPSA) is 116 Å². The second-order valence-corrected chi connectivity index (χ2v) is 6.52. The van der Waals surface area contributed by atoms with Crippen molar-refractivity contribution in [2.24, 2.45) is 0 Å². The first-order valence-corrected chi connectivity index (χ1v) is 8.66.